The summed E-state index contributed by atoms with van der Waals surface area (Å²) in [5.41, 5.74) is 0.904. The van der Waals surface area contributed by atoms with Crippen LogP contribution in [-0.2, 0) is 11.2 Å². The molecule has 0 spiro atoms. The Kier molecular flexibility index (Phi) is 5.98. The van der Waals surface area contributed by atoms with Gasteiger partial charge in [0.15, 0.2) is 0 Å². The van der Waals surface area contributed by atoms with E-state index in [2.05, 4.69) is 31.1 Å². The Hall–Kier alpha value is -2.62. The number of nitrogens with zero attached hydrogens (tertiary/aromatic N) is 2. The number of benzene rings is 1. The number of thioether (sulfide) groups is 1. The summed E-state index contributed by atoms with van der Waals surface area (Å²) in [6, 6.07) is 6.54. The molecule has 2 fully saturated rings. The van der Waals surface area contributed by atoms with Crippen molar-refractivity contribution in [3.63, 3.8) is 0 Å². The highest BCUT2D eigenvalue weighted by molar-refractivity contribution is 8.00. The van der Waals surface area contributed by atoms with Gasteiger partial charge in [0.05, 0.1) is 12.1 Å². The number of aromatic amines is 1. The third-order valence-corrected chi connectivity index (χ3v) is 6.66. The number of amides is 3. The van der Waals surface area contributed by atoms with Crippen molar-refractivity contribution in [1.29, 1.82) is 0 Å². The first-order valence-corrected chi connectivity index (χ1v) is 10.8. The van der Waals surface area contributed by atoms with E-state index in [-0.39, 0.29) is 35.8 Å². The number of carbonyl (C=O) groups is 2. The Balaban J connectivity index is 1.16. The Bertz CT molecular complexity index is 874. The molecule has 0 aliphatic carbocycles. The van der Waals surface area contributed by atoms with Crippen LogP contribution in [0.1, 0.15) is 37.1 Å². The molecule has 4 N–H and O–H groups in total. The van der Waals surface area contributed by atoms with Gasteiger partial charge in [0.25, 0.3) is 0 Å². The standard InChI is InChI=1S/C19H23FN6O2S/c20-12-7-5-11(6-8-12)9-15-22-18(26-25-15)23-16(27)4-2-1-3-14-17-13(10-29-14)21-19(28)24-17/h5-8,13-14,17H,1-4,9-10H2,(H2,21,24,28)(H2,22,23,25,26,27)/t13-,14+,17+/m1/s1. The minimum atomic E-state index is -0.282. The van der Waals surface area contributed by atoms with Crippen LogP contribution in [0.2, 0.25) is 0 Å². The second-order valence-corrected chi connectivity index (χ2v) is 8.60. The fraction of sp³-hybridized carbons (Fsp3) is 0.474. The van der Waals surface area contributed by atoms with Gasteiger partial charge in [-0.15, -0.1) is 5.10 Å². The van der Waals surface area contributed by atoms with Crippen LogP contribution in [0.3, 0.4) is 0 Å². The monoisotopic (exact) mass is 418 g/mol. The van der Waals surface area contributed by atoms with Crippen LogP contribution in [0.25, 0.3) is 0 Å². The maximum atomic E-state index is 13.0. The summed E-state index contributed by atoms with van der Waals surface area (Å²) in [6.45, 7) is 0. The molecule has 2 saturated heterocycles. The average molecular weight is 418 g/mol. The third kappa shape index (κ3) is 5.06. The molecular weight excluding hydrogens is 395 g/mol. The zero-order valence-electron chi connectivity index (χ0n) is 15.8. The van der Waals surface area contributed by atoms with Crippen molar-refractivity contribution >= 4 is 29.6 Å². The molecule has 3 atom stereocenters. The van der Waals surface area contributed by atoms with E-state index in [0.29, 0.717) is 23.9 Å². The Morgan fingerprint density at radius 2 is 2.07 bits per heavy atom. The molecule has 0 bridgehead atoms. The van der Waals surface area contributed by atoms with Gasteiger partial charge in [0, 0.05) is 23.8 Å². The molecule has 0 radical (unpaired) electrons. The molecule has 1 aromatic carbocycles. The number of H-pyrrole nitrogens is 1. The first-order chi connectivity index (χ1) is 14.1. The lowest BCUT2D eigenvalue weighted by atomic mass is 10.0. The number of hydrogen-bond acceptors (Lipinski definition) is 5. The van der Waals surface area contributed by atoms with Gasteiger partial charge < -0.3 is 10.6 Å². The number of urea groups is 1. The number of anilines is 1. The van der Waals surface area contributed by atoms with Crippen molar-refractivity contribution in [2.24, 2.45) is 0 Å². The van der Waals surface area contributed by atoms with Crippen LogP contribution < -0.4 is 16.0 Å². The Morgan fingerprint density at radius 1 is 1.24 bits per heavy atom. The quantitative estimate of drug-likeness (QED) is 0.388. The maximum absolute atomic E-state index is 13.0. The van der Waals surface area contributed by atoms with Crippen LogP contribution in [0.4, 0.5) is 15.1 Å². The van der Waals surface area contributed by atoms with E-state index in [1.807, 2.05) is 11.8 Å². The lowest BCUT2D eigenvalue weighted by Crippen LogP contribution is -2.36. The number of hydrogen-bond donors (Lipinski definition) is 4. The highest BCUT2D eigenvalue weighted by Gasteiger charge is 2.42. The van der Waals surface area contributed by atoms with Crippen molar-refractivity contribution in [2.75, 3.05) is 11.1 Å². The average Bonchev–Trinajstić information content (AvgIpc) is 3.38. The second-order valence-electron chi connectivity index (χ2n) is 7.32. The number of unbranched alkanes of at least 4 members (excludes halogenated alkanes) is 1. The van der Waals surface area contributed by atoms with E-state index in [0.717, 1.165) is 30.6 Å². The minimum Gasteiger partial charge on any atom is -0.332 e. The van der Waals surface area contributed by atoms with E-state index in [9.17, 15) is 14.0 Å². The summed E-state index contributed by atoms with van der Waals surface area (Å²) in [7, 11) is 0. The van der Waals surface area contributed by atoms with E-state index in [1.165, 1.54) is 12.1 Å². The summed E-state index contributed by atoms with van der Waals surface area (Å²) in [4.78, 5) is 27.8. The molecular formula is C19H23FN6O2S. The predicted molar refractivity (Wildman–Crippen MR) is 108 cm³/mol. The molecule has 8 nitrogen and oxygen atoms in total. The van der Waals surface area contributed by atoms with E-state index < -0.39 is 0 Å². The van der Waals surface area contributed by atoms with Crippen molar-refractivity contribution < 1.29 is 14.0 Å². The van der Waals surface area contributed by atoms with Gasteiger partial charge in [0.2, 0.25) is 11.9 Å². The van der Waals surface area contributed by atoms with Gasteiger partial charge in [0.1, 0.15) is 11.6 Å². The van der Waals surface area contributed by atoms with Gasteiger partial charge >= 0.3 is 6.03 Å². The minimum absolute atomic E-state index is 0.0741. The second kappa shape index (κ2) is 8.81. The van der Waals surface area contributed by atoms with E-state index >= 15 is 0 Å². The molecule has 0 saturated carbocycles. The van der Waals surface area contributed by atoms with Crippen molar-refractivity contribution in [3.8, 4) is 0 Å². The van der Waals surface area contributed by atoms with Gasteiger partial charge in [-0.25, -0.2) is 9.18 Å². The van der Waals surface area contributed by atoms with Crippen molar-refractivity contribution in [2.45, 2.75) is 49.4 Å². The number of fused-ring (bicyclic) bond motifs is 1. The summed E-state index contributed by atoms with van der Waals surface area (Å²) in [6.07, 6.45) is 3.56. The largest absolute Gasteiger partial charge is 0.332 e. The Morgan fingerprint density at radius 3 is 2.90 bits per heavy atom. The molecule has 0 unspecified atom stereocenters. The maximum Gasteiger partial charge on any atom is 0.315 e. The lowest BCUT2D eigenvalue weighted by molar-refractivity contribution is -0.116. The predicted octanol–water partition coefficient (Wildman–Crippen LogP) is 2.20. The van der Waals surface area contributed by atoms with Gasteiger partial charge in [-0.05, 0) is 30.5 Å². The molecule has 29 heavy (non-hydrogen) atoms. The highest BCUT2D eigenvalue weighted by atomic mass is 32.2. The Labute approximate surface area is 171 Å². The van der Waals surface area contributed by atoms with Crippen LogP contribution in [0.15, 0.2) is 24.3 Å². The highest BCUT2D eigenvalue weighted by Crippen LogP contribution is 2.33. The smallest absolute Gasteiger partial charge is 0.315 e. The lowest BCUT2D eigenvalue weighted by Gasteiger charge is -2.16. The zero-order valence-corrected chi connectivity index (χ0v) is 16.6. The normalized spacial score (nSPS) is 22.8. The molecule has 2 aliphatic rings. The molecule has 3 heterocycles. The summed E-state index contributed by atoms with van der Waals surface area (Å²) in [5.74, 6) is 1.40. The SMILES string of the molecule is O=C(CCCC[C@@H]1SC[C@H]2NC(=O)N[C@H]12)Nc1n[nH]c(Cc2ccc(F)cc2)n1. The molecule has 1 aromatic heterocycles. The number of halogens is 1. The van der Waals surface area contributed by atoms with E-state index in [4.69, 9.17) is 0 Å². The number of rotatable bonds is 8. The van der Waals surface area contributed by atoms with Gasteiger partial charge in [-0.3, -0.25) is 15.2 Å². The molecule has 2 aromatic rings. The fourth-order valence-corrected chi connectivity index (χ4v) is 5.23. The zero-order chi connectivity index (χ0) is 20.2. The van der Waals surface area contributed by atoms with Crippen molar-refractivity contribution in [1.82, 2.24) is 25.8 Å². The third-order valence-electron chi connectivity index (χ3n) is 5.15. The molecule has 10 heteroatoms. The topological polar surface area (TPSA) is 112 Å². The van der Waals surface area contributed by atoms with Crippen LogP contribution >= 0.6 is 11.8 Å². The van der Waals surface area contributed by atoms with Crippen molar-refractivity contribution in [3.05, 3.63) is 41.5 Å². The first-order valence-electron chi connectivity index (χ1n) is 9.71. The fourth-order valence-electron chi connectivity index (χ4n) is 3.69. The van der Waals surface area contributed by atoms with Crippen LogP contribution in [0.5, 0.6) is 0 Å². The summed E-state index contributed by atoms with van der Waals surface area (Å²) in [5, 5.41) is 15.8. The van der Waals surface area contributed by atoms with E-state index in [1.54, 1.807) is 12.1 Å². The van der Waals surface area contributed by atoms with Gasteiger partial charge in [-0.2, -0.15) is 16.7 Å². The molecule has 2 aliphatic heterocycles. The number of carbonyl (C=O) groups excluding carboxylic acids is 2. The first kappa shape index (κ1) is 19.7. The van der Waals surface area contributed by atoms with Gasteiger partial charge in [-0.1, -0.05) is 18.6 Å². The summed E-state index contributed by atoms with van der Waals surface area (Å²) >= 11 is 1.88. The molecule has 3 amide bonds. The molecule has 4 rings (SSSR count). The molecule has 154 valence electrons. The number of aromatic nitrogens is 3. The number of nitrogens with one attached hydrogen (secondary N) is 4. The summed E-state index contributed by atoms with van der Waals surface area (Å²) < 4.78 is 13.0. The van der Waals surface area contributed by atoms with Crippen LogP contribution in [-0.4, -0.2) is 50.2 Å². The van der Waals surface area contributed by atoms with Crippen LogP contribution in [0, 0.1) is 5.82 Å².